The van der Waals surface area contributed by atoms with E-state index in [0.29, 0.717) is 24.4 Å². The van der Waals surface area contributed by atoms with Crippen LogP contribution in [0.4, 0.5) is 0 Å². The zero-order valence-electron chi connectivity index (χ0n) is 20.6. The second kappa shape index (κ2) is 9.27. The Morgan fingerprint density at radius 3 is 2.32 bits per heavy atom. The number of nitrogens with zero attached hydrogens (tertiary/aromatic N) is 3. The van der Waals surface area contributed by atoms with Gasteiger partial charge in [-0.25, -0.2) is 0 Å². The minimum Gasteiger partial charge on any atom is -0.496 e. The number of hydrogen-bond acceptors (Lipinski definition) is 5. The Labute approximate surface area is 203 Å². The lowest BCUT2D eigenvalue weighted by molar-refractivity contribution is -0.140. The van der Waals surface area contributed by atoms with Gasteiger partial charge >= 0.3 is 0 Å². The summed E-state index contributed by atoms with van der Waals surface area (Å²) >= 11 is 0. The van der Waals surface area contributed by atoms with E-state index in [1.165, 1.54) is 17.5 Å². The number of aryl methyl sites for hydroxylation is 1. The van der Waals surface area contributed by atoms with Crippen LogP contribution in [0, 0.1) is 23.7 Å². The summed E-state index contributed by atoms with van der Waals surface area (Å²) < 4.78 is 5.63. The minimum atomic E-state index is 0.0334. The number of benzene rings is 1. The molecule has 2 saturated carbocycles. The van der Waals surface area contributed by atoms with E-state index in [9.17, 15) is 9.59 Å². The maximum atomic E-state index is 12.9. The molecule has 0 aromatic heterocycles. The van der Waals surface area contributed by atoms with Crippen LogP contribution in [0.15, 0.2) is 18.2 Å². The van der Waals surface area contributed by atoms with Crippen molar-refractivity contribution in [3.63, 3.8) is 0 Å². The summed E-state index contributed by atoms with van der Waals surface area (Å²) in [5.41, 5.74) is 2.87. The van der Waals surface area contributed by atoms with Crippen molar-refractivity contribution < 1.29 is 14.3 Å². The number of carbonyl (C=O) groups excluding carboxylic acids is 2. The standard InChI is InChI=1S/C28H39N3O3/c1-34-24-6-4-5-19-9-10-22(18-23(19)24)30-15-13-29(14-16-30)11-2-3-12-31-27(32)25-20-7-8-21(17-20)26(25)28(31)33/h4-6,20-22,25-26H,2-3,7-18H2,1H3. The van der Waals surface area contributed by atoms with Crippen LogP contribution in [-0.2, 0) is 22.4 Å². The van der Waals surface area contributed by atoms with Gasteiger partial charge in [-0.05, 0) is 86.9 Å². The van der Waals surface area contributed by atoms with E-state index < -0.39 is 0 Å². The molecule has 6 rings (SSSR count). The van der Waals surface area contributed by atoms with Crippen LogP contribution < -0.4 is 4.74 Å². The van der Waals surface area contributed by atoms with Crippen molar-refractivity contribution in [2.75, 3.05) is 46.4 Å². The summed E-state index contributed by atoms with van der Waals surface area (Å²) in [5, 5.41) is 0. The van der Waals surface area contributed by atoms with Crippen LogP contribution in [0.2, 0.25) is 0 Å². The Hall–Kier alpha value is -1.92. The lowest BCUT2D eigenvalue weighted by Gasteiger charge is -2.41. The SMILES string of the molecule is COc1cccc2c1CC(N1CCN(CCCCN3C(=O)C4C5CCC(C5)C4C3=O)CC1)CC2. The number of rotatable bonds is 7. The third kappa shape index (κ3) is 3.87. The van der Waals surface area contributed by atoms with E-state index in [4.69, 9.17) is 4.74 Å². The minimum absolute atomic E-state index is 0.0334. The van der Waals surface area contributed by atoms with E-state index in [1.807, 2.05) is 0 Å². The monoisotopic (exact) mass is 465 g/mol. The number of likely N-dealkylation sites (tertiary alicyclic amines) is 1. The second-order valence-electron chi connectivity index (χ2n) is 11.3. The van der Waals surface area contributed by atoms with Crippen molar-refractivity contribution in [1.82, 2.24) is 14.7 Å². The molecule has 4 fully saturated rings. The summed E-state index contributed by atoms with van der Waals surface area (Å²) in [7, 11) is 1.78. The number of carbonyl (C=O) groups is 2. The maximum Gasteiger partial charge on any atom is 0.233 e. The molecule has 184 valence electrons. The van der Waals surface area contributed by atoms with Gasteiger partial charge in [0.1, 0.15) is 5.75 Å². The second-order valence-corrected chi connectivity index (χ2v) is 11.3. The van der Waals surface area contributed by atoms with Gasteiger partial charge in [0.05, 0.1) is 18.9 Å². The molecule has 1 aromatic carbocycles. The average molecular weight is 466 g/mol. The van der Waals surface area contributed by atoms with Gasteiger partial charge in [0.2, 0.25) is 11.8 Å². The molecular weight excluding hydrogens is 426 g/mol. The summed E-state index contributed by atoms with van der Waals surface area (Å²) in [4.78, 5) is 32.6. The highest BCUT2D eigenvalue weighted by molar-refractivity contribution is 6.06. The molecule has 6 nitrogen and oxygen atoms in total. The number of unbranched alkanes of at least 4 members (excludes halogenated alkanes) is 1. The van der Waals surface area contributed by atoms with Crippen LogP contribution in [-0.4, -0.2) is 78.9 Å². The number of ether oxygens (including phenoxy) is 1. The third-order valence-corrected chi connectivity index (χ3v) is 9.68. The third-order valence-electron chi connectivity index (χ3n) is 9.68. The summed E-state index contributed by atoms with van der Waals surface area (Å²) in [6, 6.07) is 7.08. The summed E-state index contributed by atoms with van der Waals surface area (Å²) in [6.07, 6.45) is 8.92. The fourth-order valence-corrected chi connectivity index (χ4v) is 7.89. The summed E-state index contributed by atoms with van der Waals surface area (Å²) in [6.45, 7) is 6.19. The largest absolute Gasteiger partial charge is 0.496 e. The first-order chi connectivity index (χ1) is 16.6. The van der Waals surface area contributed by atoms with Crippen LogP contribution in [0.1, 0.15) is 49.7 Å². The molecule has 6 heteroatoms. The summed E-state index contributed by atoms with van der Waals surface area (Å²) in [5.74, 6) is 2.41. The van der Waals surface area contributed by atoms with Gasteiger partial charge in [-0.2, -0.15) is 0 Å². The van der Waals surface area contributed by atoms with Gasteiger partial charge in [0, 0.05) is 38.8 Å². The lowest BCUT2D eigenvalue weighted by atomic mass is 9.81. The first-order valence-corrected chi connectivity index (χ1v) is 13.6. The molecule has 3 aliphatic carbocycles. The molecule has 5 unspecified atom stereocenters. The molecule has 1 aromatic rings. The molecule has 0 spiro atoms. The smallest absolute Gasteiger partial charge is 0.233 e. The maximum absolute atomic E-state index is 12.9. The molecule has 34 heavy (non-hydrogen) atoms. The van der Waals surface area contributed by atoms with E-state index in [2.05, 4.69) is 28.0 Å². The Kier molecular flexibility index (Phi) is 6.14. The highest BCUT2D eigenvalue weighted by Crippen LogP contribution is 2.56. The van der Waals surface area contributed by atoms with E-state index in [1.54, 1.807) is 12.0 Å². The average Bonchev–Trinajstić information content (AvgIpc) is 3.56. The van der Waals surface area contributed by atoms with Gasteiger partial charge in [-0.15, -0.1) is 0 Å². The predicted molar refractivity (Wildman–Crippen MR) is 131 cm³/mol. The van der Waals surface area contributed by atoms with Gasteiger partial charge in [-0.1, -0.05) is 12.1 Å². The molecule has 2 saturated heterocycles. The molecule has 2 aliphatic heterocycles. The highest BCUT2D eigenvalue weighted by atomic mass is 16.5. The van der Waals surface area contributed by atoms with Crippen molar-refractivity contribution in [3.8, 4) is 5.75 Å². The number of hydrogen-bond donors (Lipinski definition) is 0. The molecule has 5 aliphatic rings. The predicted octanol–water partition coefficient (Wildman–Crippen LogP) is 2.98. The topological polar surface area (TPSA) is 53.1 Å². The Bertz CT molecular complexity index is 899. The van der Waals surface area contributed by atoms with E-state index >= 15 is 0 Å². The van der Waals surface area contributed by atoms with E-state index in [0.717, 1.165) is 83.4 Å². The highest BCUT2D eigenvalue weighted by Gasteiger charge is 2.60. The number of piperazine rings is 1. The fraction of sp³-hybridized carbons (Fsp3) is 0.714. The first kappa shape index (κ1) is 22.5. The zero-order valence-corrected chi connectivity index (χ0v) is 20.6. The Morgan fingerprint density at radius 1 is 0.912 bits per heavy atom. The normalized spacial score (nSPS) is 33.4. The van der Waals surface area contributed by atoms with Gasteiger partial charge < -0.3 is 9.64 Å². The number of methoxy groups -OCH3 is 1. The van der Waals surface area contributed by atoms with Crippen LogP contribution >= 0.6 is 0 Å². The van der Waals surface area contributed by atoms with Crippen molar-refractivity contribution in [2.45, 2.75) is 57.4 Å². The molecule has 0 N–H and O–H groups in total. The molecule has 5 atom stereocenters. The van der Waals surface area contributed by atoms with Crippen LogP contribution in [0.5, 0.6) is 5.75 Å². The Morgan fingerprint density at radius 2 is 1.62 bits per heavy atom. The van der Waals surface area contributed by atoms with Gasteiger partial charge in [0.15, 0.2) is 0 Å². The lowest BCUT2D eigenvalue weighted by Crippen LogP contribution is -2.51. The van der Waals surface area contributed by atoms with Crippen LogP contribution in [0.25, 0.3) is 0 Å². The quantitative estimate of drug-likeness (QED) is 0.458. The molecule has 2 heterocycles. The van der Waals surface area contributed by atoms with Crippen molar-refractivity contribution in [1.29, 1.82) is 0 Å². The molecule has 0 radical (unpaired) electrons. The number of fused-ring (bicyclic) bond motifs is 6. The first-order valence-electron chi connectivity index (χ1n) is 13.6. The molecule has 2 amide bonds. The molecular formula is C28H39N3O3. The Balaban J connectivity index is 0.937. The number of amides is 2. The fourth-order valence-electron chi connectivity index (χ4n) is 7.89. The number of imide groups is 1. The van der Waals surface area contributed by atoms with Crippen molar-refractivity contribution >= 4 is 11.8 Å². The van der Waals surface area contributed by atoms with Gasteiger partial charge in [0.25, 0.3) is 0 Å². The van der Waals surface area contributed by atoms with Crippen LogP contribution in [0.3, 0.4) is 0 Å². The van der Waals surface area contributed by atoms with E-state index in [-0.39, 0.29) is 23.7 Å². The van der Waals surface area contributed by atoms with Gasteiger partial charge in [-0.3, -0.25) is 19.4 Å². The zero-order chi connectivity index (χ0) is 23.2. The molecule has 2 bridgehead atoms. The van der Waals surface area contributed by atoms with Crippen molar-refractivity contribution in [2.24, 2.45) is 23.7 Å². The van der Waals surface area contributed by atoms with Crippen molar-refractivity contribution in [3.05, 3.63) is 29.3 Å².